The van der Waals surface area contributed by atoms with Gasteiger partial charge in [-0.1, -0.05) is 0 Å². The van der Waals surface area contributed by atoms with Crippen LogP contribution in [-0.4, -0.2) is 17.2 Å². The van der Waals surface area contributed by atoms with E-state index in [2.05, 4.69) is 21.6 Å². The SMILES string of the molecule is CNCc1cc(C2CC2)n[nH]1.Cl.Cl. The molecular weight excluding hydrogens is 209 g/mol. The third-order valence-corrected chi connectivity index (χ3v) is 2.01. The number of nitrogens with zero attached hydrogens (tertiary/aromatic N) is 1. The maximum Gasteiger partial charge on any atom is 0.0656 e. The number of nitrogens with one attached hydrogen (secondary N) is 2. The van der Waals surface area contributed by atoms with Gasteiger partial charge >= 0.3 is 0 Å². The Balaban J connectivity index is 0.000000720. The molecule has 13 heavy (non-hydrogen) atoms. The van der Waals surface area contributed by atoms with Gasteiger partial charge in [0, 0.05) is 18.2 Å². The van der Waals surface area contributed by atoms with Crippen molar-refractivity contribution in [2.75, 3.05) is 7.05 Å². The van der Waals surface area contributed by atoms with Crippen molar-refractivity contribution in [1.29, 1.82) is 0 Å². The Morgan fingerprint density at radius 3 is 2.77 bits per heavy atom. The van der Waals surface area contributed by atoms with Crippen LogP contribution in [0.15, 0.2) is 6.07 Å². The molecule has 0 saturated heterocycles. The first-order valence-corrected chi connectivity index (χ1v) is 4.09. The van der Waals surface area contributed by atoms with Crippen LogP contribution in [0.2, 0.25) is 0 Å². The normalized spacial score (nSPS) is 14.5. The van der Waals surface area contributed by atoms with Crippen molar-refractivity contribution in [3.63, 3.8) is 0 Å². The molecule has 1 heterocycles. The van der Waals surface area contributed by atoms with Crippen molar-refractivity contribution in [3.8, 4) is 0 Å². The van der Waals surface area contributed by atoms with E-state index >= 15 is 0 Å². The summed E-state index contributed by atoms with van der Waals surface area (Å²) in [5, 5.41) is 10.3. The summed E-state index contributed by atoms with van der Waals surface area (Å²) in [5.41, 5.74) is 2.43. The summed E-state index contributed by atoms with van der Waals surface area (Å²) in [5.74, 6) is 0.761. The zero-order chi connectivity index (χ0) is 7.68. The molecule has 0 atom stereocenters. The van der Waals surface area contributed by atoms with E-state index in [1.165, 1.54) is 24.2 Å². The molecule has 1 aliphatic rings. The molecule has 0 aliphatic heterocycles. The van der Waals surface area contributed by atoms with E-state index < -0.39 is 0 Å². The monoisotopic (exact) mass is 223 g/mol. The Morgan fingerprint density at radius 2 is 2.23 bits per heavy atom. The second-order valence-electron chi connectivity index (χ2n) is 3.12. The van der Waals surface area contributed by atoms with Gasteiger partial charge in [-0.15, -0.1) is 24.8 Å². The molecule has 1 saturated carbocycles. The third kappa shape index (κ3) is 3.18. The van der Waals surface area contributed by atoms with Crippen LogP contribution in [0.5, 0.6) is 0 Å². The van der Waals surface area contributed by atoms with Gasteiger partial charge in [0.15, 0.2) is 0 Å². The molecule has 3 nitrogen and oxygen atoms in total. The Bertz CT molecular complexity index is 245. The van der Waals surface area contributed by atoms with E-state index in [1.807, 2.05) is 7.05 Å². The number of hydrogen-bond acceptors (Lipinski definition) is 2. The number of halogens is 2. The zero-order valence-corrected chi connectivity index (χ0v) is 9.17. The maximum absolute atomic E-state index is 4.23. The molecule has 0 spiro atoms. The molecule has 0 aromatic carbocycles. The van der Waals surface area contributed by atoms with E-state index in [1.54, 1.807) is 0 Å². The van der Waals surface area contributed by atoms with Crippen molar-refractivity contribution in [1.82, 2.24) is 15.5 Å². The number of rotatable bonds is 3. The zero-order valence-electron chi connectivity index (χ0n) is 7.54. The van der Waals surface area contributed by atoms with Crippen molar-refractivity contribution in [2.45, 2.75) is 25.3 Å². The van der Waals surface area contributed by atoms with Crippen LogP contribution in [0.3, 0.4) is 0 Å². The second-order valence-corrected chi connectivity index (χ2v) is 3.12. The van der Waals surface area contributed by atoms with Crippen molar-refractivity contribution < 1.29 is 0 Å². The predicted molar refractivity (Wildman–Crippen MR) is 57.8 cm³/mol. The standard InChI is InChI=1S/C8H13N3.2ClH/c1-9-5-7-4-8(11-10-7)6-2-3-6;;/h4,6,9H,2-3,5H2,1H3,(H,10,11);2*1H. The van der Waals surface area contributed by atoms with Gasteiger partial charge < -0.3 is 5.32 Å². The Labute approximate surface area is 90.5 Å². The highest BCUT2D eigenvalue weighted by atomic mass is 35.5. The lowest BCUT2D eigenvalue weighted by Crippen LogP contribution is -2.04. The van der Waals surface area contributed by atoms with Crippen LogP contribution in [0, 0.1) is 0 Å². The van der Waals surface area contributed by atoms with E-state index in [4.69, 9.17) is 0 Å². The Kier molecular flexibility index (Phi) is 5.37. The average molecular weight is 224 g/mol. The van der Waals surface area contributed by atoms with Crippen LogP contribution in [0.25, 0.3) is 0 Å². The van der Waals surface area contributed by atoms with Crippen LogP contribution in [0.4, 0.5) is 0 Å². The minimum Gasteiger partial charge on any atom is -0.314 e. The fourth-order valence-electron chi connectivity index (χ4n) is 1.25. The third-order valence-electron chi connectivity index (χ3n) is 2.01. The van der Waals surface area contributed by atoms with Gasteiger partial charge in [0.1, 0.15) is 0 Å². The molecule has 5 heteroatoms. The summed E-state index contributed by atoms with van der Waals surface area (Å²) in [6.07, 6.45) is 2.65. The van der Waals surface area contributed by atoms with Crippen molar-refractivity contribution in [2.24, 2.45) is 0 Å². The minimum absolute atomic E-state index is 0. The van der Waals surface area contributed by atoms with Gasteiger partial charge in [0.25, 0.3) is 0 Å². The van der Waals surface area contributed by atoms with E-state index in [-0.39, 0.29) is 24.8 Å². The van der Waals surface area contributed by atoms with Crippen LogP contribution < -0.4 is 5.32 Å². The molecule has 0 unspecified atom stereocenters. The topological polar surface area (TPSA) is 40.7 Å². The largest absolute Gasteiger partial charge is 0.314 e. The van der Waals surface area contributed by atoms with E-state index in [9.17, 15) is 0 Å². The highest BCUT2D eigenvalue weighted by Crippen LogP contribution is 2.38. The Morgan fingerprint density at radius 1 is 1.54 bits per heavy atom. The maximum atomic E-state index is 4.23. The fourth-order valence-corrected chi connectivity index (χ4v) is 1.25. The van der Waals surface area contributed by atoms with Gasteiger partial charge in [0.05, 0.1) is 5.69 Å². The first-order chi connectivity index (χ1) is 5.40. The summed E-state index contributed by atoms with van der Waals surface area (Å²) in [7, 11) is 1.94. The number of hydrogen-bond donors (Lipinski definition) is 2. The summed E-state index contributed by atoms with van der Waals surface area (Å²) in [4.78, 5) is 0. The fraction of sp³-hybridized carbons (Fsp3) is 0.625. The second kappa shape index (κ2) is 5.47. The first-order valence-electron chi connectivity index (χ1n) is 4.09. The van der Waals surface area contributed by atoms with Crippen molar-refractivity contribution in [3.05, 3.63) is 17.5 Å². The summed E-state index contributed by atoms with van der Waals surface area (Å²) >= 11 is 0. The van der Waals surface area contributed by atoms with Crippen molar-refractivity contribution >= 4 is 24.8 Å². The molecule has 1 aromatic rings. The molecule has 0 amide bonds. The first kappa shape index (κ1) is 12.8. The molecule has 0 bridgehead atoms. The van der Waals surface area contributed by atoms with Crippen LogP contribution in [-0.2, 0) is 6.54 Å². The molecular formula is C8H15Cl2N3. The molecule has 2 rings (SSSR count). The van der Waals surface area contributed by atoms with Gasteiger partial charge in [-0.25, -0.2) is 0 Å². The molecule has 0 radical (unpaired) electrons. The predicted octanol–water partition coefficient (Wildman–Crippen LogP) is 1.85. The number of aromatic nitrogens is 2. The molecule has 1 fully saturated rings. The van der Waals surface area contributed by atoms with E-state index in [0.717, 1.165) is 12.5 Å². The lowest BCUT2D eigenvalue weighted by molar-refractivity contribution is 0.783. The van der Waals surface area contributed by atoms with Gasteiger partial charge in [-0.3, -0.25) is 5.10 Å². The average Bonchev–Trinajstić information content (AvgIpc) is 2.75. The molecule has 1 aliphatic carbocycles. The smallest absolute Gasteiger partial charge is 0.0656 e. The lowest BCUT2D eigenvalue weighted by Gasteiger charge is -1.90. The lowest BCUT2D eigenvalue weighted by atomic mass is 10.3. The van der Waals surface area contributed by atoms with Gasteiger partial charge in [-0.05, 0) is 26.0 Å². The Hall–Kier alpha value is -0.250. The summed E-state index contributed by atoms with van der Waals surface area (Å²) < 4.78 is 0. The molecule has 1 aromatic heterocycles. The molecule has 76 valence electrons. The van der Waals surface area contributed by atoms with E-state index in [0.29, 0.717) is 0 Å². The van der Waals surface area contributed by atoms with Crippen LogP contribution in [0.1, 0.15) is 30.1 Å². The van der Waals surface area contributed by atoms with Gasteiger partial charge in [-0.2, -0.15) is 5.10 Å². The summed E-state index contributed by atoms with van der Waals surface area (Å²) in [6.45, 7) is 0.889. The highest BCUT2D eigenvalue weighted by Gasteiger charge is 2.25. The van der Waals surface area contributed by atoms with Crippen LogP contribution >= 0.6 is 24.8 Å². The number of aromatic amines is 1. The summed E-state index contributed by atoms with van der Waals surface area (Å²) in [6, 6.07) is 2.16. The minimum atomic E-state index is 0. The quantitative estimate of drug-likeness (QED) is 0.822. The molecule has 2 N–H and O–H groups in total. The number of H-pyrrole nitrogens is 1. The highest BCUT2D eigenvalue weighted by molar-refractivity contribution is 5.85. The van der Waals surface area contributed by atoms with Gasteiger partial charge in [0.2, 0.25) is 0 Å².